The highest BCUT2D eigenvalue weighted by atomic mass is 16.6. The standard InChI is InChI=1S/C40H46N2O8.CH4O/c1-25-10-14-29-32(21-25)49-33-23-27(48-37(47)38(2,3)4)12-15-30(33)40(29)31-22-26(11-13-28(31)36(46)50-40)35(45)41-18-8-6-7-9-34(44)42-19-16-39(5,24-43)17-20-42;1-2/h10-15,21-23,43H,6-9,16-20,24H2,1-5H3,(H,41,45);2H,1H3/i5T;2T. The van der Waals surface area contributed by atoms with Crippen LogP contribution in [0, 0.1) is 17.8 Å². The highest BCUT2D eigenvalue weighted by Crippen LogP contribution is 2.56. The number of hydrogen-bond acceptors (Lipinski definition) is 9. The molecule has 3 aliphatic heterocycles. The van der Waals surface area contributed by atoms with Gasteiger partial charge in [-0.2, -0.15) is 0 Å². The van der Waals surface area contributed by atoms with Crippen molar-refractivity contribution in [1.82, 2.24) is 10.2 Å². The zero-order valence-corrected chi connectivity index (χ0v) is 30.6. The molecule has 0 bridgehead atoms. The molecule has 6 rings (SSSR count). The number of hydrogen-bond donors (Lipinski definition) is 3. The van der Waals surface area contributed by atoms with Gasteiger partial charge in [-0.25, -0.2) is 4.79 Å². The van der Waals surface area contributed by atoms with E-state index in [1.807, 2.05) is 30.0 Å². The normalized spacial score (nSPS) is 18.7. The number of carbonyl (C=O) groups excluding carboxylic acids is 4. The topological polar surface area (TPSA) is 152 Å². The van der Waals surface area contributed by atoms with E-state index < -0.39 is 23.0 Å². The van der Waals surface area contributed by atoms with Crippen LogP contribution >= 0.6 is 0 Å². The molecule has 2 amide bonds. The number of rotatable bonds is 9. The van der Waals surface area contributed by atoms with Gasteiger partial charge < -0.3 is 34.6 Å². The summed E-state index contributed by atoms with van der Waals surface area (Å²) in [7, 11) is 1.29. The van der Waals surface area contributed by atoms with Crippen molar-refractivity contribution in [3.05, 3.63) is 88.0 Å². The fourth-order valence-electron chi connectivity index (χ4n) is 6.70. The number of ether oxygens (including phenoxy) is 3. The predicted molar refractivity (Wildman–Crippen MR) is 194 cm³/mol. The van der Waals surface area contributed by atoms with Crippen molar-refractivity contribution in [3.63, 3.8) is 0 Å². The summed E-state index contributed by atoms with van der Waals surface area (Å²) in [6, 6.07) is 15.6. The summed E-state index contributed by atoms with van der Waals surface area (Å²) in [6.45, 7) is 8.97. The van der Waals surface area contributed by atoms with Crippen molar-refractivity contribution in [2.24, 2.45) is 10.8 Å². The van der Waals surface area contributed by atoms with Crippen LogP contribution in [0.5, 0.6) is 17.2 Å². The van der Waals surface area contributed by atoms with Crippen LogP contribution in [0.15, 0.2) is 54.6 Å². The van der Waals surface area contributed by atoms with Gasteiger partial charge in [-0.15, -0.1) is 0 Å². The van der Waals surface area contributed by atoms with Gasteiger partial charge in [0.2, 0.25) is 7.34 Å². The Balaban J connectivity index is 0.00000181. The molecule has 0 aromatic heterocycles. The smallest absolute Gasteiger partial charge is 0.340 e. The van der Waals surface area contributed by atoms with Gasteiger partial charge in [0.25, 0.3) is 5.91 Å². The second-order valence-electron chi connectivity index (χ2n) is 14.8. The van der Waals surface area contributed by atoms with Crippen molar-refractivity contribution >= 4 is 23.8 Å². The number of benzene rings is 3. The number of nitrogens with zero attached hydrogens (tertiary/aromatic N) is 1. The predicted octanol–water partition coefficient (Wildman–Crippen LogP) is 6.03. The molecular formula is C41H50N2O9. The van der Waals surface area contributed by atoms with Crippen LogP contribution in [-0.2, 0) is 19.9 Å². The van der Waals surface area contributed by atoms with E-state index in [2.05, 4.69) is 10.4 Å². The first-order valence-corrected chi connectivity index (χ1v) is 17.7. The Morgan fingerprint density at radius 3 is 2.35 bits per heavy atom. The molecule has 11 heteroatoms. The third-order valence-corrected chi connectivity index (χ3v) is 9.88. The summed E-state index contributed by atoms with van der Waals surface area (Å²) in [6.07, 6.45) is 3.89. The summed E-state index contributed by atoms with van der Waals surface area (Å²) in [4.78, 5) is 54.0. The van der Waals surface area contributed by atoms with Crippen molar-refractivity contribution in [2.45, 2.75) is 78.7 Å². The maximum atomic E-state index is 13.4. The molecule has 3 aromatic carbocycles. The van der Waals surface area contributed by atoms with Crippen LogP contribution in [0.4, 0.5) is 0 Å². The third-order valence-electron chi connectivity index (χ3n) is 9.88. The number of aliphatic hydroxyl groups excluding tert-OH is 2. The first kappa shape index (κ1) is 35.7. The van der Waals surface area contributed by atoms with Crippen LogP contribution in [0.3, 0.4) is 0 Å². The zero-order chi connectivity index (χ0) is 39.3. The fourth-order valence-corrected chi connectivity index (χ4v) is 6.70. The van der Waals surface area contributed by atoms with E-state index in [0.717, 1.165) is 12.0 Å². The highest BCUT2D eigenvalue weighted by molar-refractivity contribution is 6.00. The Hall–Kier alpha value is -4.74. The Morgan fingerprint density at radius 1 is 0.981 bits per heavy atom. The van der Waals surface area contributed by atoms with Crippen LogP contribution in [0.1, 0.15) is 111 Å². The average Bonchev–Trinajstić information content (AvgIpc) is 3.43. The molecule has 3 heterocycles. The monoisotopic (exact) mass is 718 g/mol. The lowest BCUT2D eigenvalue weighted by Crippen LogP contribution is -2.43. The van der Waals surface area contributed by atoms with Crippen molar-refractivity contribution < 1.29 is 45.0 Å². The molecule has 1 fully saturated rings. The summed E-state index contributed by atoms with van der Waals surface area (Å²) in [5.74, 6) is 0.0214. The van der Waals surface area contributed by atoms with Crippen LogP contribution in [0.25, 0.3) is 0 Å². The summed E-state index contributed by atoms with van der Waals surface area (Å²) < 4.78 is 31.7. The maximum Gasteiger partial charge on any atom is 0.340 e. The maximum absolute atomic E-state index is 13.4. The number of nitrogens with one attached hydrogen (secondary N) is 1. The summed E-state index contributed by atoms with van der Waals surface area (Å²) >= 11 is 0. The molecular weight excluding hydrogens is 664 g/mol. The minimum Gasteiger partial charge on any atom is -0.456 e. The minimum atomic E-state index is -1.40. The fraction of sp³-hybridized carbons (Fsp3) is 0.463. The van der Waals surface area contributed by atoms with Crippen molar-refractivity contribution in [2.75, 3.05) is 33.4 Å². The average molecular weight is 719 g/mol. The van der Waals surface area contributed by atoms with Gasteiger partial charge in [0.15, 0.2) is 5.60 Å². The Kier molecular flexibility index (Phi) is 10.6. The van der Waals surface area contributed by atoms with Gasteiger partial charge in [-0.1, -0.05) is 25.5 Å². The number of esters is 2. The number of unbranched alkanes of at least 4 members (excludes halogenated alkanes) is 2. The Bertz CT molecular complexity index is 1880. The molecule has 1 spiro atoms. The van der Waals surface area contributed by atoms with E-state index in [4.69, 9.17) is 17.0 Å². The van der Waals surface area contributed by atoms with E-state index in [0.29, 0.717) is 96.8 Å². The minimum absolute atomic E-state index is 0.0161. The number of likely N-dealkylation sites (tertiary alicyclic amines) is 1. The molecule has 1 saturated heterocycles. The largest absolute Gasteiger partial charge is 0.456 e. The summed E-state index contributed by atoms with van der Waals surface area (Å²) in [5, 5.41) is 16.1. The molecule has 3 N–H and O–H groups in total. The van der Waals surface area contributed by atoms with Crippen LogP contribution in [-0.4, -0.2) is 73.7 Å². The zero-order valence-electron chi connectivity index (χ0n) is 32.6. The molecule has 0 aliphatic carbocycles. The molecule has 1 unspecified atom stereocenters. The molecule has 0 saturated carbocycles. The number of fused-ring (bicyclic) bond motifs is 6. The number of aliphatic hydroxyl groups is 2. The lowest BCUT2D eigenvalue weighted by molar-refractivity contribution is -0.143. The first-order chi connectivity index (χ1) is 25.7. The van der Waals surface area contributed by atoms with Crippen molar-refractivity contribution in [3.8, 4) is 17.2 Å². The van der Waals surface area contributed by atoms with E-state index in [9.17, 15) is 24.3 Å². The summed E-state index contributed by atoms with van der Waals surface area (Å²) in [5.41, 5.74) is 0.831. The van der Waals surface area contributed by atoms with Crippen molar-refractivity contribution in [1.29, 1.82) is 1.43 Å². The molecule has 11 nitrogen and oxygen atoms in total. The van der Waals surface area contributed by atoms with Gasteiger partial charge in [0.1, 0.15) is 17.2 Å². The van der Waals surface area contributed by atoms with Gasteiger partial charge in [0, 0.05) is 69.5 Å². The second kappa shape index (κ2) is 15.5. The number of aryl methyl sites for hydroxylation is 1. The van der Waals surface area contributed by atoms with E-state index in [1.165, 1.54) is 7.11 Å². The molecule has 278 valence electrons. The van der Waals surface area contributed by atoms with E-state index >= 15 is 0 Å². The Morgan fingerprint density at radius 2 is 1.67 bits per heavy atom. The lowest BCUT2D eigenvalue weighted by Gasteiger charge is -2.38. The SMILES string of the molecule is [3H]CC1(CO)CCN(C(=O)CCCCCNC(=O)c2ccc3c(c2)C2(OC3=O)c3ccc(C)cc3Oc3cc(OC(=O)C(C)(C)C)ccc32)CC1.[3H]OC. The van der Waals surface area contributed by atoms with Gasteiger partial charge >= 0.3 is 11.9 Å². The van der Waals surface area contributed by atoms with Gasteiger partial charge in [-0.05, 0) is 101 Å². The van der Waals surface area contributed by atoms with Crippen LogP contribution < -0.4 is 14.8 Å². The van der Waals surface area contributed by atoms with E-state index in [1.54, 1.807) is 57.2 Å². The molecule has 52 heavy (non-hydrogen) atoms. The number of amides is 2. The molecule has 1 atom stereocenters. The molecule has 0 radical (unpaired) electrons. The first-order valence-electron chi connectivity index (χ1n) is 18.8. The Labute approximate surface area is 308 Å². The molecule has 3 aliphatic rings. The number of piperidine rings is 1. The quantitative estimate of drug-likeness (QED) is 0.137. The van der Waals surface area contributed by atoms with Crippen LogP contribution in [0.2, 0.25) is 0 Å². The second-order valence-corrected chi connectivity index (χ2v) is 14.8. The highest BCUT2D eigenvalue weighted by Gasteiger charge is 2.54. The number of carbonyl (C=O) groups is 4. The third kappa shape index (κ3) is 7.71. The van der Waals surface area contributed by atoms with E-state index in [-0.39, 0.29) is 30.7 Å². The molecule has 3 aromatic rings. The lowest BCUT2D eigenvalue weighted by atomic mass is 9.77. The van der Waals surface area contributed by atoms with Gasteiger partial charge in [-0.3, -0.25) is 14.4 Å². The van der Waals surface area contributed by atoms with Gasteiger partial charge in [0.05, 0.1) is 11.0 Å².